The Bertz CT molecular complexity index is 713. The molecule has 2 aromatic rings. The van der Waals surface area contributed by atoms with E-state index in [4.69, 9.17) is 9.15 Å². The van der Waals surface area contributed by atoms with Crippen LogP contribution in [-0.2, 0) is 4.79 Å². The molecule has 114 valence electrons. The Morgan fingerprint density at radius 3 is 2.95 bits per heavy atom. The molecular weight excluding hydrogens is 358 g/mol. The summed E-state index contributed by atoms with van der Waals surface area (Å²) in [6.07, 6.45) is 1.33. The third-order valence-electron chi connectivity index (χ3n) is 2.37. The highest BCUT2D eigenvalue weighted by atomic mass is 79.9. The quantitative estimate of drug-likeness (QED) is 0.479. The average molecular weight is 368 g/mol. The number of amides is 1. The fraction of sp³-hybridized carbons (Fsp3) is 0.0769. The number of furan rings is 1. The Morgan fingerprint density at radius 1 is 1.45 bits per heavy atom. The number of non-ortho nitro benzene ring substituents is 1. The van der Waals surface area contributed by atoms with Crippen LogP contribution in [0.5, 0.6) is 5.75 Å². The minimum atomic E-state index is -0.543. The van der Waals surface area contributed by atoms with Crippen molar-refractivity contribution in [1.29, 1.82) is 0 Å². The molecule has 0 unspecified atom stereocenters. The number of nitro benzene ring substituents is 1. The van der Waals surface area contributed by atoms with Gasteiger partial charge in [-0.05, 0) is 34.1 Å². The van der Waals surface area contributed by atoms with Gasteiger partial charge in [-0.15, -0.1) is 0 Å². The van der Waals surface area contributed by atoms with E-state index >= 15 is 0 Å². The number of benzene rings is 1. The van der Waals surface area contributed by atoms with Crippen LogP contribution in [0.25, 0.3) is 0 Å². The van der Waals surface area contributed by atoms with Crippen LogP contribution in [0.2, 0.25) is 0 Å². The van der Waals surface area contributed by atoms with Crippen LogP contribution in [0.4, 0.5) is 5.69 Å². The van der Waals surface area contributed by atoms with Crippen molar-refractivity contribution < 1.29 is 18.9 Å². The van der Waals surface area contributed by atoms with Crippen molar-refractivity contribution in [3.63, 3.8) is 0 Å². The van der Waals surface area contributed by atoms with Crippen molar-refractivity contribution in [3.05, 3.63) is 56.9 Å². The van der Waals surface area contributed by atoms with Gasteiger partial charge in [-0.2, -0.15) is 5.10 Å². The van der Waals surface area contributed by atoms with Crippen molar-refractivity contribution in [2.24, 2.45) is 5.10 Å². The first-order chi connectivity index (χ1) is 10.5. The molecule has 1 aromatic carbocycles. The lowest BCUT2D eigenvalue weighted by Crippen LogP contribution is -2.24. The van der Waals surface area contributed by atoms with Crippen molar-refractivity contribution >= 4 is 33.7 Å². The zero-order valence-electron chi connectivity index (χ0n) is 11.1. The van der Waals surface area contributed by atoms with E-state index in [0.29, 0.717) is 10.4 Å². The largest absolute Gasteiger partial charge is 0.483 e. The van der Waals surface area contributed by atoms with E-state index in [9.17, 15) is 14.9 Å². The maximum absolute atomic E-state index is 11.5. The monoisotopic (exact) mass is 367 g/mol. The van der Waals surface area contributed by atoms with Gasteiger partial charge in [0.1, 0.15) is 11.5 Å². The second-order valence-electron chi connectivity index (χ2n) is 3.98. The van der Waals surface area contributed by atoms with Gasteiger partial charge in [0.15, 0.2) is 11.3 Å². The maximum Gasteiger partial charge on any atom is 0.277 e. The van der Waals surface area contributed by atoms with Gasteiger partial charge in [0.2, 0.25) is 0 Å². The molecule has 22 heavy (non-hydrogen) atoms. The summed E-state index contributed by atoms with van der Waals surface area (Å²) in [5.41, 5.74) is 2.13. The molecule has 0 saturated heterocycles. The van der Waals surface area contributed by atoms with Crippen LogP contribution in [0.1, 0.15) is 5.76 Å². The van der Waals surface area contributed by atoms with E-state index in [1.807, 2.05) is 0 Å². The molecule has 9 heteroatoms. The predicted octanol–water partition coefficient (Wildman–Crippen LogP) is 2.48. The fourth-order valence-electron chi connectivity index (χ4n) is 1.43. The van der Waals surface area contributed by atoms with Crippen LogP contribution < -0.4 is 10.2 Å². The molecule has 1 amide bonds. The molecule has 1 aromatic heterocycles. The third kappa shape index (κ3) is 4.70. The summed E-state index contributed by atoms with van der Waals surface area (Å²) in [6, 6.07) is 8.91. The normalized spacial score (nSPS) is 10.6. The topological polar surface area (TPSA) is 107 Å². The zero-order valence-corrected chi connectivity index (χ0v) is 12.6. The summed E-state index contributed by atoms with van der Waals surface area (Å²) < 4.78 is 10.8. The number of nitrogens with one attached hydrogen (secondary N) is 1. The molecule has 0 spiro atoms. The number of hydrogen-bond acceptors (Lipinski definition) is 6. The van der Waals surface area contributed by atoms with Gasteiger partial charge < -0.3 is 9.15 Å². The van der Waals surface area contributed by atoms with E-state index < -0.39 is 10.8 Å². The molecule has 0 bridgehead atoms. The van der Waals surface area contributed by atoms with E-state index in [-0.39, 0.29) is 18.0 Å². The number of halogens is 1. The Morgan fingerprint density at radius 2 is 2.27 bits per heavy atom. The molecule has 1 heterocycles. The lowest BCUT2D eigenvalue weighted by Gasteiger charge is -2.04. The summed E-state index contributed by atoms with van der Waals surface area (Å²) in [4.78, 5) is 21.6. The highest BCUT2D eigenvalue weighted by molar-refractivity contribution is 9.10. The molecule has 8 nitrogen and oxygen atoms in total. The molecule has 0 atom stereocenters. The van der Waals surface area contributed by atoms with Crippen LogP contribution >= 0.6 is 15.9 Å². The Kier molecular flexibility index (Phi) is 5.26. The minimum absolute atomic E-state index is 0.112. The van der Waals surface area contributed by atoms with E-state index in [1.165, 1.54) is 30.5 Å². The SMILES string of the molecule is O=C(COc1cccc([N+](=O)[O-])c1)N/N=C/c1ccc(Br)o1. The number of nitrogens with zero attached hydrogens (tertiary/aromatic N) is 2. The molecule has 0 aliphatic carbocycles. The highest BCUT2D eigenvalue weighted by Gasteiger charge is 2.07. The molecule has 0 fully saturated rings. The number of carbonyl (C=O) groups excluding carboxylic acids is 1. The Labute approximate surface area is 133 Å². The van der Waals surface area contributed by atoms with Crippen molar-refractivity contribution in [2.45, 2.75) is 0 Å². The first-order valence-electron chi connectivity index (χ1n) is 5.99. The lowest BCUT2D eigenvalue weighted by molar-refractivity contribution is -0.384. The minimum Gasteiger partial charge on any atom is -0.483 e. The summed E-state index contributed by atoms with van der Waals surface area (Å²) in [7, 11) is 0. The fourth-order valence-corrected chi connectivity index (χ4v) is 1.75. The van der Waals surface area contributed by atoms with Crippen LogP contribution in [0.15, 0.2) is 50.6 Å². The molecule has 0 radical (unpaired) electrons. The second kappa shape index (κ2) is 7.36. The zero-order chi connectivity index (χ0) is 15.9. The number of rotatable bonds is 6. The van der Waals surface area contributed by atoms with Crippen LogP contribution in [-0.4, -0.2) is 23.7 Å². The molecular formula is C13H10BrN3O5. The number of nitro groups is 1. The Balaban J connectivity index is 1.81. The van der Waals surface area contributed by atoms with Gasteiger partial charge in [0.25, 0.3) is 11.6 Å². The maximum atomic E-state index is 11.5. The summed E-state index contributed by atoms with van der Waals surface area (Å²) in [5.74, 6) is 0.184. The van der Waals surface area contributed by atoms with Gasteiger partial charge in [0, 0.05) is 6.07 Å². The van der Waals surface area contributed by atoms with Crippen LogP contribution in [0, 0.1) is 10.1 Å². The smallest absolute Gasteiger partial charge is 0.277 e. The van der Waals surface area contributed by atoms with Crippen molar-refractivity contribution in [3.8, 4) is 5.75 Å². The van der Waals surface area contributed by atoms with Gasteiger partial charge in [-0.3, -0.25) is 14.9 Å². The number of carbonyl (C=O) groups is 1. The number of ether oxygens (including phenoxy) is 1. The van der Waals surface area contributed by atoms with Crippen molar-refractivity contribution in [2.75, 3.05) is 6.61 Å². The summed E-state index contributed by atoms with van der Waals surface area (Å²) in [5, 5.41) is 14.3. The van der Waals surface area contributed by atoms with Gasteiger partial charge >= 0.3 is 0 Å². The standard InChI is InChI=1S/C13H10BrN3O5/c14-12-5-4-11(22-12)7-15-16-13(18)8-21-10-3-1-2-9(6-10)17(19)20/h1-7H,8H2,(H,16,18)/b15-7+. The van der Waals surface area contributed by atoms with Gasteiger partial charge in [-0.1, -0.05) is 6.07 Å². The third-order valence-corrected chi connectivity index (χ3v) is 2.80. The van der Waals surface area contributed by atoms with E-state index in [0.717, 1.165) is 0 Å². The molecule has 0 aliphatic heterocycles. The number of hydrazone groups is 1. The average Bonchev–Trinajstić information content (AvgIpc) is 2.91. The first-order valence-corrected chi connectivity index (χ1v) is 6.78. The van der Waals surface area contributed by atoms with E-state index in [1.54, 1.807) is 12.1 Å². The molecule has 0 saturated carbocycles. The summed E-state index contributed by atoms with van der Waals surface area (Å²) in [6.45, 7) is -0.319. The highest BCUT2D eigenvalue weighted by Crippen LogP contribution is 2.18. The molecule has 0 aliphatic rings. The molecule has 1 N–H and O–H groups in total. The van der Waals surface area contributed by atoms with Gasteiger partial charge in [-0.25, -0.2) is 5.43 Å². The first kappa shape index (κ1) is 15.7. The van der Waals surface area contributed by atoms with Crippen LogP contribution in [0.3, 0.4) is 0 Å². The predicted molar refractivity (Wildman–Crippen MR) is 80.7 cm³/mol. The number of hydrogen-bond donors (Lipinski definition) is 1. The van der Waals surface area contributed by atoms with E-state index in [2.05, 4.69) is 26.5 Å². The van der Waals surface area contributed by atoms with Gasteiger partial charge in [0.05, 0.1) is 17.2 Å². The summed E-state index contributed by atoms with van der Waals surface area (Å²) >= 11 is 3.14. The molecule has 2 rings (SSSR count). The second-order valence-corrected chi connectivity index (χ2v) is 4.76. The van der Waals surface area contributed by atoms with Crippen molar-refractivity contribution in [1.82, 2.24) is 5.43 Å². The Hall–Kier alpha value is -2.68. The lowest BCUT2D eigenvalue weighted by atomic mass is 10.3.